The number of nitrogens with one attached hydrogen (secondary N) is 1. The van der Waals surface area contributed by atoms with Gasteiger partial charge in [-0.1, -0.05) is 46.6 Å². The van der Waals surface area contributed by atoms with Crippen molar-refractivity contribution in [1.29, 1.82) is 0 Å². The Morgan fingerprint density at radius 2 is 1.90 bits per heavy atom. The first-order valence-corrected chi connectivity index (χ1v) is 8.62. The predicted octanol–water partition coefficient (Wildman–Crippen LogP) is 6.09. The summed E-state index contributed by atoms with van der Waals surface area (Å²) in [6.45, 7) is 2.98. The van der Waals surface area contributed by atoms with Gasteiger partial charge in [0.05, 0.1) is 10.5 Å². The standard InChI is InChI=1S/C16H15Br2ClFN/c1-2-7-21-16(10-3-6-15(20)14(18)8-10)12-5-4-11(19)9-13(12)17/h3-6,8-9,16,21H,2,7H2,1H3. The lowest BCUT2D eigenvalue weighted by molar-refractivity contribution is 0.589. The van der Waals surface area contributed by atoms with Crippen LogP contribution in [-0.2, 0) is 0 Å². The highest BCUT2D eigenvalue weighted by Crippen LogP contribution is 2.32. The number of rotatable bonds is 5. The second-order valence-corrected chi connectivity index (χ2v) is 6.87. The van der Waals surface area contributed by atoms with Crippen molar-refractivity contribution in [3.05, 3.63) is 67.3 Å². The molecule has 0 spiro atoms. The highest BCUT2D eigenvalue weighted by atomic mass is 79.9. The molecule has 1 N–H and O–H groups in total. The fourth-order valence-electron chi connectivity index (χ4n) is 2.12. The number of benzene rings is 2. The first-order valence-electron chi connectivity index (χ1n) is 6.66. The predicted molar refractivity (Wildman–Crippen MR) is 93.4 cm³/mol. The van der Waals surface area contributed by atoms with E-state index in [0.29, 0.717) is 9.50 Å². The lowest BCUT2D eigenvalue weighted by Gasteiger charge is -2.21. The molecular weight excluding hydrogens is 420 g/mol. The van der Waals surface area contributed by atoms with E-state index in [1.807, 2.05) is 24.3 Å². The van der Waals surface area contributed by atoms with Gasteiger partial charge in [-0.15, -0.1) is 0 Å². The van der Waals surface area contributed by atoms with Crippen LogP contribution in [0.25, 0.3) is 0 Å². The Bertz CT molecular complexity index is 634. The molecule has 2 aromatic rings. The van der Waals surface area contributed by atoms with Crippen molar-refractivity contribution in [2.24, 2.45) is 0 Å². The summed E-state index contributed by atoms with van der Waals surface area (Å²) >= 11 is 12.8. The molecule has 2 rings (SSSR count). The lowest BCUT2D eigenvalue weighted by atomic mass is 9.98. The summed E-state index contributed by atoms with van der Waals surface area (Å²) in [5, 5.41) is 4.17. The molecule has 0 saturated carbocycles. The van der Waals surface area contributed by atoms with Crippen LogP contribution >= 0.6 is 43.5 Å². The van der Waals surface area contributed by atoms with E-state index in [1.165, 1.54) is 6.07 Å². The van der Waals surface area contributed by atoms with Gasteiger partial charge >= 0.3 is 0 Å². The van der Waals surface area contributed by atoms with E-state index in [1.54, 1.807) is 6.07 Å². The summed E-state index contributed by atoms with van der Waals surface area (Å²) < 4.78 is 14.9. The van der Waals surface area contributed by atoms with Crippen molar-refractivity contribution < 1.29 is 4.39 Å². The fourth-order valence-corrected chi connectivity index (χ4v) is 3.43. The van der Waals surface area contributed by atoms with Crippen LogP contribution in [0, 0.1) is 5.82 Å². The highest BCUT2D eigenvalue weighted by molar-refractivity contribution is 9.10. The van der Waals surface area contributed by atoms with Crippen LogP contribution in [0.5, 0.6) is 0 Å². The SMILES string of the molecule is CCCNC(c1ccc(F)c(Br)c1)c1ccc(Cl)cc1Br. The van der Waals surface area contributed by atoms with Gasteiger partial charge in [0.25, 0.3) is 0 Å². The average Bonchev–Trinajstić information content (AvgIpc) is 2.44. The maximum atomic E-state index is 13.5. The van der Waals surface area contributed by atoms with Crippen LogP contribution in [-0.4, -0.2) is 6.54 Å². The average molecular weight is 436 g/mol. The van der Waals surface area contributed by atoms with Crippen molar-refractivity contribution in [3.63, 3.8) is 0 Å². The minimum Gasteiger partial charge on any atom is -0.306 e. The molecule has 1 atom stereocenters. The summed E-state index contributed by atoms with van der Waals surface area (Å²) in [6, 6.07) is 10.8. The Labute approximate surface area is 146 Å². The molecule has 5 heteroatoms. The molecule has 1 unspecified atom stereocenters. The molecule has 1 nitrogen and oxygen atoms in total. The third-order valence-corrected chi connectivity index (χ3v) is 4.68. The topological polar surface area (TPSA) is 12.0 Å². The normalized spacial score (nSPS) is 12.4. The Hall–Kier alpha value is -0.420. The molecule has 0 aliphatic rings. The number of hydrogen-bond donors (Lipinski definition) is 1. The second kappa shape index (κ2) is 7.73. The summed E-state index contributed by atoms with van der Waals surface area (Å²) in [5.41, 5.74) is 2.08. The summed E-state index contributed by atoms with van der Waals surface area (Å²) in [5.74, 6) is -0.261. The van der Waals surface area contributed by atoms with Gasteiger partial charge in [0, 0.05) is 9.50 Å². The molecule has 0 aromatic heterocycles. The fraction of sp³-hybridized carbons (Fsp3) is 0.250. The maximum absolute atomic E-state index is 13.5. The van der Waals surface area contributed by atoms with Crippen molar-refractivity contribution in [2.45, 2.75) is 19.4 Å². The van der Waals surface area contributed by atoms with E-state index < -0.39 is 0 Å². The zero-order valence-corrected chi connectivity index (χ0v) is 15.4. The monoisotopic (exact) mass is 433 g/mol. The summed E-state index contributed by atoms with van der Waals surface area (Å²) in [4.78, 5) is 0. The van der Waals surface area contributed by atoms with Gasteiger partial charge in [0.15, 0.2) is 0 Å². The minimum absolute atomic E-state index is 0.0199. The van der Waals surface area contributed by atoms with Gasteiger partial charge in [-0.05, 0) is 64.3 Å². The van der Waals surface area contributed by atoms with E-state index >= 15 is 0 Å². The van der Waals surface area contributed by atoms with Crippen LogP contribution in [0.3, 0.4) is 0 Å². The van der Waals surface area contributed by atoms with E-state index in [9.17, 15) is 4.39 Å². The van der Waals surface area contributed by atoms with Gasteiger partial charge in [-0.25, -0.2) is 4.39 Å². The molecule has 0 amide bonds. The highest BCUT2D eigenvalue weighted by Gasteiger charge is 2.17. The van der Waals surface area contributed by atoms with Crippen molar-refractivity contribution in [1.82, 2.24) is 5.32 Å². The van der Waals surface area contributed by atoms with Crippen LogP contribution in [0.1, 0.15) is 30.5 Å². The van der Waals surface area contributed by atoms with E-state index in [0.717, 1.165) is 28.6 Å². The molecule has 2 aromatic carbocycles. The van der Waals surface area contributed by atoms with Gasteiger partial charge in [-0.3, -0.25) is 0 Å². The van der Waals surface area contributed by atoms with Gasteiger partial charge < -0.3 is 5.32 Å². The van der Waals surface area contributed by atoms with Gasteiger partial charge in [0.2, 0.25) is 0 Å². The summed E-state index contributed by atoms with van der Waals surface area (Å²) in [7, 11) is 0. The zero-order chi connectivity index (χ0) is 15.4. The van der Waals surface area contributed by atoms with E-state index in [-0.39, 0.29) is 11.9 Å². The first kappa shape index (κ1) is 16.9. The van der Waals surface area contributed by atoms with E-state index in [4.69, 9.17) is 11.6 Å². The molecule has 0 fully saturated rings. The Morgan fingerprint density at radius 1 is 1.14 bits per heavy atom. The number of halogens is 4. The third-order valence-electron chi connectivity index (χ3n) is 3.15. The Morgan fingerprint density at radius 3 is 2.52 bits per heavy atom. The van der Waals surface area contributed by atoms with Crippen molar-refractivity contribution in [3.8, 4) is 0 Å². The maximum Gasteiger partial charge on any atom is 0.137 e. The van der Waals surface area contributed by atoms with Crippen molar-refractivity contribution >= 4 is 43.5 Å². The van der Waals surface area contributed by atoms with Crippen LogP contribution in [0.2, 0.25) is 5.02 Å². The molecule has 0 radical (unpaired) electrons. The van der Waals surface area contributed by atoms with E-state index in [2.05, 4.69) is 44.1 Å². The second-order valence-electron chi connectivity index (χ2n) is 4.73. The quantitative estimate of drug-likeness (QED) is 0.599. The summed E-state index contributed by atoms with van der Waals surface area (Å²) in [6.07, 6.45) is 1.02. The molecule has 21 heavy (non-hydrogen) atoms. The Kier molecular flexibility index (Phi) is 6.23. The van der Waals surface area contributed by atoms with Gasteiger partial charge in [0.1, 0.15) is 5.82 Å². The van der Waals surface area contributed by atoms with Crippen LogP contribution < -0.4 is 5.32 Å². The molecule has 112 valence electrons. The van der Waals surface area contributed by atoms with Crippen LogP contribution in [0.4, 0.5) is 4.39 Å². The first-order chi connectivity index (χ1) is 10.0. The Balaban J connectivity index is 2.44. The molecular formula is C16H15Br2ClFN. The minimum atomic E-state index is -0.261. The van der Waals surface area contributed by atoms with Gasteiger partial charge in [-0.2, -0.15) is 0 Å². The zero-order valence-electron chi connectivity index (χ0n) is 11.5. The molecule has 0 heterocycles. The molecule has 0 bridgehead atoms. The largest absolute Gasteiger partial charge is 0.306 e. The molecule has 0 aliphatic heterocycles. The number of hydrogen-bond acceptors (Lipinski definition) is 1. The third kappa shape index (κ3) is 4.28. The molecule has 0 saturated heterocycles. The smallest absolute Gasteiger partial charge is 0.137 e. The van der Waals surface area contributed by atoms with Crippen molar-refractivity contribution in [2.75, 3.05) is 6.54 Å². The molecule has 0 aliphatic carbocycles. The lowest BCUT2D eigenvalue weighted by Crippen LogP contribution is -2.23. The van der Waals surface area contributed by atoms with Crippen LogP contribution in [0.15, 0.2) is 45.3 Å².